The molecule has 0 aliphatic carbocycles. The minimum atomic E-state index is -0.738. The molecule has 1 aromatic rings. The predicted molar refractivity (Wildman–Crippen MR) is 98.5 cm³/mol. The highest BCUT2D eigenvalue weighted by Crippen LogP contribution is 2.25. The van der Waals surface area contributed by atoms with E-state index in [-0.39, 0.29) is 11.6 Å². The number of ether oxygens (including phenoxy) is 1. The van der Waals surface area contributed by atoms with Crippen LogP contribution in [0.15, 0.2) is 36.0 Å². The molecule has 136 valence electrons. The summed E-state index contributed by atoms with van der Waals surface area (Å²) < 4.78 is 5.34. The molecule has 0 fully saturated rings. The Bertz CT molecular complexity index is 641. The second kappa shape index (κ2) is 10.9. The van der Waals surface area contributed by atoms with Gasteiger partial charge in [0.2, 0.25) is 5.91 Å². The van der Waals surface area contributed by atoms with Crippen molar-refractivity contribution >= 4 is 23.2 Å². The Morgan fingerprint density at radius 2 is 2.04 bits per heavy atom. The van der Waals surface area contributed by atoms with E-state index in [0.717, 1.165) is 37.1 Å². The molecule has 1 aliphatic heterocycles. The van der Waals surface area contributed by atoms with Crippen LogP contribution < -0.4 is 21.5 Å². The van der Waals surface area contributed by atoms with E-state index in [9.17, 15) is 9.59 Å². The van der Waals surface area contributed by atoms with Crippen LogP contribution in [0.4, 0.5) is 5.69 Å². The smallest absolute Gasteiger partial charge is 0.266 e. The van der Waals surface area contributed by atoms with Crippen molar-refractivity contribution in [2.45, 2.75) is 39.0 Å². The van der Waals surface area contributed by atoms with E-state index in [0.29, 0.717) is 18.7 Å². The molecule has 7 heteroatoms. The zero-order valence-corrected chi connectivity index (χ0v) is 14.5. The third-order valence-electron chi connectivity index (χ3n) is 3.41. The fraction of sp³-hybridized carbons (Fsp3) is 0.389. The van der Waals surface area contributed by atoms with Gasteiger partial charge >= 0.3 is 0 Å². The molecule has 1 aromatic carbocycles. The fourth-order valence-corrected chi connectivity index (χ4v) is 2.07. The Hall–Kier alpha value is -2.83. The van der Waals surface area contributed by atoms with Gasteiger partial charge in [-0.2, -0.15) is 0 Å². The van der Waals surface area contributed by atoms with Gasteiger partial charge in [-0.1, -0.05) is 31.9 Å². The number of unbranched alkanes of at least 4 members (excludes halogenated alkanes) is 2. The third-order valence-corrected chi connectivity index (χ3v) is 3.41. The van der Waals surface area contributed by atoms with Gasteiger partial charge in [0.15, 0.2) is 0 Å². The van der Waals surface area contributed by atoms with Gasteiger partial charge in [0.1, 0.15) is 11.5 Å². The van der Waals surface area contributed by atoms with E-state index in [4.69, 9.17) is 21.6 Å². The molecule has 25 heavy (non-hydrogen) atoms. The molecule has 0 aromatic heterocycles. The first-order valence-electron chi connectivity index (χ1n) is 8.30. The normalized spacial score (nSPS) is 13.3. The number of fused-ring (bicyclic) bond motifs is 1. The van der Waals surface area contributed by atoms with Crippen LogP contribution in [0.5, 0.6) is 5.75 Å². The van der Waals surface area contributed by atoms with Gasteiger partial charge in [-0.15, -0.1) is 0 Å². The number of amides is 2. The number of carbonyl (C=O) groups is 2. The van der Waals surface area contributed by atoms with E-state index in [2.05, 4.69) is 12.2 Å². The average molecular weight is 346 g/mol. The number of allylic oxidation sites excluding steroid dienone is 1. The number of hydrogen-bond donors (Lipinski definition) is 4. The van der Waals surface area contributed by atoms with Gasteiger partial charge in [0.05, 0.1) is 18.7 Å². The molecule has 0 unspecified atom stereocenters. The molecule has 0 saturated carbocycles. The number of nitrogens with one attached hydrogen (secondary N) is 2. The summed E-state index contributed by atoms with van der Waals surface area (Å²) >= 11 is 0. The summed E-state index contributed by atoms with van der Waals surface area (Å²) in [5.74, 6) is 0.0294. The summed E-state index contributed by atoms with van der Waals surface area (Å²) in [6, 6.07) is 7.43. The zero-order valence-electron chi connectivity index (χ0n) is 14.5. The number of nitrogens with two attached hydrogens (primary N) is 2. The minimum absolute atomic E-state index is 0.0138. The SMILES string of the molecule is CCCCC/C(N)=C/C(=N)C(N)=O.O=C1CCOc2ccccc2N1. The van der Waals surface area contributed by atoms with Gasteiger partial charge in [-0.3, -0.25) is 15.0 Å². The lowest BCUT2D eigenvalue weighted by Crippen LogP contribution is -2.21. The topological polar surface area (TPSA) is 131 Å². The maximum absolute atomic E-state index is 11.1. The third kappa shape index (κ3) is 8.01. The van der Waals surface area contributed by atoms with Crippen LogP contribution in [0.1, 0.15) is 39.0 Å². The summed E-state index contributed by atoms with van der Waals surface area (Å²) in [5, 5.41) is 9.88. The first-order valence-corrected chi connectivity index (χ1v) is 8.30. The van der Waals surface area contributed by atoms with Gasteiger partial charge in [0.25, 0.3) is 5.91 Å². The lowest BCUT2D eigenvalue weighted by molar-refractivity contribution is -0.116. The maximum atomic E-state index is 11.1. The van der Waals surface area contributed by atoms with Crippen LogP contribution in [0, 0.1) is 5.41 Å². The molecule has 0 spiro atoms. The summed E-state index contributed by atoms with van der Waals surface area (Å²) in [5.41, 5.74) is 11.5. The lowest BCUT2D eigenvalue weighted by atomic mass is 10.1. The molecule has 0 saturated heterocycles. The summed E-state index contributed by atoms with van der Waals surface area (Å²) in [7, 11) is 0. The Morgan fingerprint density at radius 1 is 1.32 bits per heavy atom. The van der Waals surface area contributed by atoms with Crippen molar-refractivity contribution in [1.82, 2.24) is 0 Å². The molecule has 0 bridgehead atoms. The van der Waals surface area contributed by atoms with Crippen molar-refractivity contribution in [2.24, 2.45) is 11.5 Å². The first kappa shape index (κ1) is 20.2. The van der Waals surface area contributed by atoms with Crippen LogP contribution in [0.2, 0.25) is 0 Å². The van der Waals surface area contributed by atoms with Crippen molar-refractivity contribution < 1.29 is 14.3 Å². The Labute approximate surface area is 147 Å². The van der Waals surface area contributed by atoms with Gasteiger partial charge in [0, 0.05) is 5.70 Å². The molecule has 2 rings (SSSR count). The first-order chi connectivity index (χ1) is 11.9. The molecular formula is C18H26N4O3. The van der Waals surface area contributed by atoms with Crippen molar-refractivity contribution in [2.75, 3.05) is 11.9 Å². The summed E-state index contributed by atoms with van der Waals surface area (Å²) in [4.78, 5) is 21.5. The minimum Gasteiger partial charge on any atom is -0.491 e. The van der Waals surface area contributed by atoms with Crippen LogP contribution in [0.25, 0.3) is 0 Å². The largest absolute Gasteiger partial charge is 0.491 e. The predicted octanol–water partition coefficient (Wildman–Crippen LogP) is 2.32. The number of para-hydroxylation sites is 2. The van der Waals surface area contributed by atoms with Crippen molar-refractivity contribution in [3.8, 4) is 5.75 Å². The molecule has 6 N–H and O–H groups in total. The standard InChI is InChI=1S/C9H17N3O.C9H9NO2/c1-2-3-4-5-7(10)6-8(11)9(12)13;11-9-5-6-12-8-4-2-1-3-7(8)10-9/h6,11H,2-5,10H2,1H3,(H2,12,13);1-4H,5-6H2,(H,10,11)/b7-6-,11-8?;. The quantitative estimate of drug-likeness (QED) is 0.465. The lowest BCUT2D eigenvalue weighted by Gasteiger charge is -2.04. The Morgan fingerprint density at radius 3 is 2.72 bits per heavy atom. The molecule has 0 atom stereocenters. The molecule has 1 aliphatic rings. The fourth-order valence-electron chi connectivity index (χ4n) is 2.07. The Kier molecular flexibility index (Phi) is 8.78. The zero-order chi connectivity index (χ0) is 18.7. The highest BCUT2D eigenvalue weighted by Gasteiger charge is 2.11. The van der Waals surface area contributed by atoms with E-state index in [1.54, 1.807) is 0 Å². The number of benzene rings is 1. The summed E-state index contributed by atoms with van der Waals surface area (Å²) in [6.07, 6.45) is 5.71. The second-order valence-corrected chi connectivity index (χ2v) is 5.60. The number of anilines is 1. The number of rotatable bonds is 6. The Balaban J connectivity index is 0.000000250. The van der Waals surface area contributed by atoms with E-state index < -0.39 is 5.91 Å². The van der Waals surface area contributed by atoms with Gasteiger partial charge in [-0.25, -0.2) is 0 Å². The van der Waals surface area contributed by atoms with Gasteiger partial charge in [-0.05, 0) is 31.1 Å². The molecular weight excluding hydrogens is 320 g/mol. The maximum Gasteiger partial charge on any atom is 0.266 e. The number of hydrogen-bond acceptors (Lipinski definition) is 5. The van der Waals surface area contributed by atoms with Crippen LogP contribution in [-0.4, -0.2) is 24.1 Å². The van der Waals surface area contributed by atoms with Crippen LogP contribution in [-0.2, 0) is 9.59 Å². The molecule has 0 radical (unpaired) electrons. The summed E-state index contributed by atoms with van der Waals surface area (Å²) in [6.45, 7) is 2.56. The molecule has 1 heterocycles. The molecule has 2 amide bonds. The molecule has 7 nitrogen and oxygen atoms in total. The van der Waals surface area contributed by atoms with Gasteiger partial charge < -0.3 is 21.5 Å². The van der Waals surface area contributed by atoms with Crippen LogP contribution >= 0.6 is 0 Å². The average Bonchev–Trinajstić information content (AvgIpc) is 2.76. The van der Waals surface area contributed by atoms with Crippen molar-refractivity contribution in [1.29, 1.82) is 5.41 Å². The second-order valence-electron chi connectivity index (χ2n) is 5.60. The highest BCUT2D eigenvalue weighted by molar-refractivity contribution is 6.41. The van der Waals surface area contributed by atoms with Crippen molar-refractivity contribution in [3.05, 3.63) is 36.0 Å². The van der Waals surface area contributed by atoms with Crippen molar-refractivity contribution in [3.63, 3.8) is 0 Å². The number of carbonyl (C=O) groups excluding carboxylic acids is 2. The van der Waals surface area contributed by atoms with E-state index in [1.165, 1.54) is 6.08 Å². The van der Waals surface area contributed by atoms with E-state index in [1.807, 2.05) is 24.3 Å². The monoisotopic (exact) mass is 346 g/mol. The van der Waals surface area contributed by atoms with Crippen LogP contribution in [0.3, 0.4) is 0 Å². The highest BCUT2D eigenvalue weighted by atomic mass is 16.5. The number of primary amides is 1. The van der Waals surface area contributed by atoms with E-state index >= 15 is 0 Å².